The van der Waals surface area contributed by atoms with Gasteiger partial charge in [0.05, 0.1) is 10.2 Å². The van der Waals surface area contributed by atoms with E-state index in [4.69, 9.17) is 16.6 Å². The Labute approximate surface area is 126 Å². The fraction of sp³-hybridized carbons (Fsp3) is 0.188. The maximum Gasteiger partial charge on any atom is 0.124 e. The Kier molecular flexibility index (Phi) is 2.90. The van der Waals surface area contributed by atoms with Crippen LogP contribution in [-0.4, -0.2) is 11.5 Å². The molecular weight excluding hydrogens is 288 g/mol. The van der Waals surface area contributed by atoms with Crippen LogP contribution in [0.25, 0.3) is 20.8 Å². The van der Waals surface area contributed by atoms with E-state index in [1.807, 2.05) is 18.2 Å². The van der Waals surface area contributed by atoms with Crippen LogP contribution in [0.5, 0.6) is 0 Å². The van der Waals surface area contributed by atoms with Crippen LogP contribution in [0.2, 0.25) is 5.02 Å². The second kappa shape index (κ2) is 4.76. The first kappa shape index (κ1) is 12.2. The monoisotopic (exact) mass is 300 g/mol. The third-order valence-corrected chi connectivity index (χ3v) is 4.96. The van der Waals surface area contributed by atoms with Gasteiger partial charge in [-0.25, -0.2) is 4.98 Å². The van der Waals surface area contributed by atoms with Crippen molar-refractivity contribution in [3.05, 3.63) is 47.0 Å². The SMILES string of the molecule is Clc1ccc2nc(-c3cccc4c3CCCN4)sc2c1. The Morgan fingerprint density at radius 2 is 2.15 bits per heavy atom. The normalized spacial score (nSPS) is 14.1. The number of halogens is 1. The molecule has 0 fully saturated rings. The van der Waals surface area contributed by atoms with Crippen LogP contribution in [0.1, 0.15) is 12.0 Å². The summed E-state index contributed by atoms with van der Waals surface area (Å²) in [7, 11) is 0. The van der Waals surface area contributed by atoms with Crippen LogP contribution < -0.4 is 5.32 Å². The lowest BCUT2D eigenvalue weighted by Gasteiger charge is -2.20. The summed E-state index contributed by atoms with van der Waals surface area (Å²) in [6.07, 6.45) is 2.30. The van der Waals surface area contributed by atoms with Crippen LogP contribution in [-0.2, 0) is 6.42 Å². The van der Waals surface area contributed by atoms with Crippen LogP contribution in [0.3, 0.4) is 0 Å². The number of anilines is 1. The van der Waals surface area contributed by atoms with Gasteiger partial charge in [0.2, 0.25) is 0 Å². The number of hydrogen-bond donors (Lipinski definition) is 1. The molecule has 2 heterocycles. The molecule has 1 aromatic heterocycles. The molecule has 0 spiro atoms. The van der Waals surface area contributed by atoms with E-state index in [1.54, 1.807) is 11.3 Å². The number of hydrogen-bond acceptors (Lipinski definition) is 3. The van der Waals surface area contributed by atoms with Gasteiger partial charge in [0.1, 0.15) is 5.01 Å². The lowest BCUT2D eigenvalue weighted by molar-refractivity contribution is 0.832. The summed E-state index contributed by atoms with van der Waals surface area (Å²) >= 11 is 7.77. The zero-order valence-electron chi connectivity index (χ0n) is 10.8. The van der Waals surface area contributed by atoms with Crippen molar-refractivity contribution in [1.29, 1.82) is 0 Å². The van der Waals surface area contributed by atoms with Gasteiger partial charge in [0.15, 0.2) is 0 Å². The molecule has 3 aromatic rings. The van der Waals surface area contributed by atoms with E-state index >= 15 is 0 Å². The Morgan fingerprint density at radius 1 is 1.20 bits per heavy atom. The van der Waals surface area contributed by atoms with E-state index in [-0.39, 0.29) is 0 Å². The zero-order chi connectivity index (χ0) is 13.5. The van der Waals surface area contributed by atoms with Gasteiger partial charge in [0.25, 0.3) is 0 Å². The third-order valence-electron chi connectivity index (χ3n) is 3.68. The molecule has 1 N–H and O–H groups in total. The fourth-order valence-corrected chi connectivity index (χ4v) is 4.02. The largest absolute Gasteiger partial charge is 0.385 e. The summed E-state index contributed by atoms with van der Waals surface area (Å²) in [5, 5.41) is 5.33. The first-order chi connectivity index (χ1) is 9.81. The first-order valence-corrected chi connectivity index (χ1v) is 7.93. The molecule has 0 saturated carbocycles. The fourth-order valence-electron chi connectivity index (χ4n) is 2.72. The number of nitrogens with one attached hydrogen (secondary N) is 1. The van der Waals surface area contributed by atoms with E-state index in [1.165, 1.54) is 23.2 Å². The van der Waals surface area contributed by atoms with Gasteiger partial charge in [-0.1, -0.05) is 23.7 Å². The highest BCUT2D eigenvalue weighted by Crippen LogP contribution is 2.37. The Balaban J connectivity index is 1.90. The average Bonchev–Trinajstić information content (AvgIpc) is 2.89. The molecule has 2 nitrogen and oxygen atoms in total. The van der Waals surface area contributed by atoms with Gasteiger partial charge >= 0.3 is 0 Å². The van der Waals surface area contributed by atoms with Crippen LogP contribution >= 0.6 is 22.9 Å². The Bertz CT molecular complexity index is 794. The van der Waals surface area contributed by atoms with E-state index in [2.05, 4.69) is 23.5 Å². The molecule has 20 heavy (non-hydrogen) atoms. The maximum absolute atomic E-state index is 6.06. The minimum atomic E-state index is 0.768. The molecule has 1 aliphatic heterocycles. The minimum absolute atomic E-state index is 0.768. The van der Waals surface area contributed by atoms with Crippen molar-refractivity contribution in [1.82, 2.24) is 4.98 Å². The van der Waals surface area contributed by atoms with E-state index in [0.29, 0.717) is 0 Å². The lowest BCUT2D eigenvalue weighted by atomic mass is 9.98. The molecular formula is C16H13ClN2S. The molecule has 0 radical (unpaired) electrons. The first-order valence-electron chi connectivity index (χ1n) is 6.73. The van der Waals surface area contributed by atoms with Gasteiger partial charge in [-0.15, -0.1) is 11.3 Å². The molecule has 0 saturated heterocycles. The number of benzene rings is 2. The van der Waals surface area contributed by atoms with Gasteiger partial charge in [-0.05, 0) is 42.7 Å². The van der Waals surface area contributed by atoms with E-state index in [0.717, 1.165) is 33.2 Å². The predicted octanol–water partition coefficient (Wildman–Crippen LogP) is 4.97. The van der Waals surface area contributed by atoms with Crippen molar-refractivity contribution in [3.8, 4) is 10.6 Å². The van der Waals surface area contributed by atoms with Crippen LogP contribution in [0.4, 0.5) is 5.69 Å². The summed E-state index contributed by atoms with van der Waals surface area (Å²) in [5.74, 6) is 0. The summed E-state index contributed by atoms with van der Waals surface area (Å²) in [4.78, 5) is 4.76. The molecule has 0 amide bonds. The van der Waals surface area contributed by atoms with E-state index < -0.39 is 0 Å². The smallest absolute Gasteiger partial charge is 0.124 e. The number of thiazole rings is 1. The molecule has 0 bridgehead atoms. The van der Waals surface area contributed by atoms with Crippen molar-refractivity contribution in [2.45, 2.75) is 12.8 Å². The van der Waals surface area contributed by atoms with Crippen molar-refractivity contribution < 1.29 is 0 Å². The number of nitrogens with zero attached hydrogens (tertiary/aromatic N) is 1. The average molecular weight is 301 g/mol. The molecule has 4 rings (SSSR count). The molecule has 0 atom stereocenters. The maximum atomic E-state index is 6.06. The van der Waals surface area contributed by atoms with E-state index in [9.17, 15) is 0 Å². The van der Waals surface area contributed by atoms with Gasteiger partial charge in [-0.3, -0.25) is 0 Å². The standard InChI is InChI=1S/C16H13ClN2S/c17-10-6-7-14-15(9-10)20-16(19-14)12-3-1-5-13-11(12)4-2-8-18-13/h1,3,5-7,9,18H,2,4,8H2. The molecule has 4 heteroatoms. The quantitative estimate of drug-likeness (QED) is 0.686. The second-order valence-electron chi connectivity index (χ2n) is 4.99. The Hall–Kier alpha value is -1.58. The van der Waals surface area contributed by atoms with Gasteiger partial charge in [0, 0.05) is 22.8 Å². The predicted molar refractivity (Wildman–Crippen MR) is 86.9 cm³/mol. The minimum Gasteiger partial charge on any atom is -0.385 e. The lowest BCUT2D eigenvalue weighted by Crippen LogP contribution is -2.12. The summed E-state index contributed by atoms with van der Waals surface area (Å²) in [6.45, 7) is 1.06. The second-order valence-corrected chi connectivity index (χ2v) is 6.46. The van der Waals surface area contributed by atoms with Crippen LogP contribution in [0.15, 0.2) is 36.4 Å². The summed E-state index contributed by atoms with van der Waals surface area (Å²) in [6, 6.07) is 12.3. The topological polar surface area (TPSA) is 24.9 Å². The number of aromatic nitrogens is 1. The highest BCUT2D eigenvalue weighted by molar-refractivity contribution is 7.21. The van der Waals surface area contributed by atoms with Crippen molar-refractivity contribution >= 4 is 38.8 Å². The molecule has 1 aliphatic rings. The van der Waals surface area contributed by atoms with Gasteiger partial charge < -0.3 is 5.32 Å². The van der Waals surface area contributed by atoms with Crippen molar-refractivity contribution in [3.63, 3.8) is 0 Å². The molecule has 2 aromatic carbocycles. The third kappa shape index (κ3) is 1.98. The summed E-state index contributed by atoms with van der Waals surface area (Å²) < 4.78 is 1.15. The van der Waals surface area contributed by atoms with Crippen molar-refractivity contribution in [2.24, 2.45) is 0 Å². The molecule has 0 unspecified atom stereocenters. The zero-order valence-corrected chi connectivity index (χ0v) is 12.4. The highest BCUT2D eigenvalue weighted by atomic mass is 35.5. The molecule has 100 valence electrons. The Morgan fingerprint density at radius 3 is 3.10 bits per heavy atom. The number of fused-ring (bicyclic) bond motifs is 2. The van der Waals surface area contributed by atoms with Gasteiger partial charge in [-0.2, -0.15) is 0 Å². The summed E-state index contributed by atoms with van der Waals surface area (Å²) in [5.41, 5.74) is 4.93. The highest BCUT2D eigenvalue weighted by Gasteiger charge is 2.16. The van der Waals surface area contributed by atoms with Crippen molar-refractivity contribution in [2.75, 3.05) is 11.9 Å². The number of rotatable bonds is 1. The van der Waals surface area contributed by atoms with Crippen LogP contribution in [0, 0.1) is 0 Å². The molecule has 0 aliphatic carbocycles.